The van der Waals surface area contributed by atoms with Crippen LogP contribution >= 0.6 is 23.2 Å². The largest absolute Gasteiger partial charge is 0.274 e. The van der Waals surface area contributed by atoms with Crippen molar-refractivity contribution in [1.29, 1.82) is 0 Å². The summed E-state index contributed by atoms with van der Waals surface area (Å²) in [5.41, 5.74) is 0.432. The predicted octanol–water partition coefficient (Wildman–Crippen LogP) is 4.65. The highest BCUT2D eigenvalue weighted by Crippen LogP contribution is 2.37. The molecule has 1 atom stereocenters. The van der Waals surface area contributed by atoms with Gasteiger partial charge in [-0.3, -0.25) is 9.59 Å². The third-order valence-corrected chi connectivity index (χ3v) is 8.51. The second kappa shape index (κ2) is 8.90. The second-order valence-electron chi connectivity index (χ2n) is 7.82. The van der Waals surface area contributed by atoms with E-state index in [1.165, 1.54) is 22.5 Å². The van der Waals surface area contributed by atoms with Crippen LogP contribution in [0, 0.1) is 0 Å². The highest BCUT2D eigenvalue weighted by molar-refractivity contribution is 7.89. The van der Waals surface area contributed by atoms with E-state index in [0.29, 0.717) is 18.5 Å². The van der Waals surface area contributed by atoms with Gasteiger partial charge in [-0.2, -0.15) is 4.31 Å². The summed E-state index contributed by atoms with van der Waals surface area (Å²) in [7, 11) is -4.18. The van der Waals surface area contributed by atoms with E-state index < -0.39 is 27.9 Å². The summed E-state index contributed by atoms with van der Waals surface area (Å²) < 4.78 is 28.8. The number of carbonyl (C=O) groups is 2. The molecule has 0 bridgehead atoms. The number of rotatable bonds is 5. The number of benzene rings is 2. The number of hydrogen-bond donors (Lipinski definition) is 0. The van der Waals surface area contributed by atoms with Crippen LogP contribution in [-0.2, 0) is 19.6 Å². The SMILES string of the molecule is O=C1CC(N(C2CCCCC2)S(=O)(=O)c2cc(Cl)ccc2Cl)C(=O)N1c1ccccc1. The van der Waals surface area contributed by atoms with E-state index in [9.17, 15) is 18.0 Å². The lowest BCUT2D eigenvalue weighted by molar-refractivity contribution is -0.122. The molecule has 0 radical (unpaired) electrons. The van der Waals surface area contributed by atoms with Gasteiger partial charge in [0.1, 0.15) is 10.9 Å². The van der Waals surface area contributed by atoms with Gasteiger partial charge in [-0.05, 0) is 43.2 Å². The molecular formula is C22H22Cl2N2O4S. The zero-order valence-electron chi connectivity index (χ0n) is 16.7. The molecule has 1 unspecified atom stereocenters. The maximum atomic E-state index is 13.8. The molecule has 0 aromatic heterocycles. The van der Waals surface area contributed by atoms with Crippen LogP contribution in [0.25, 0.3) is 0 Å². The summed E-state index contributed by atoms with van der Waals surface area (Å²) in [6.45, 7) is 0. The van der Waals surface area contributed by atoms with Crippen molar-refractivity contribution in [2.75, 3.05) is 4.90 Å². The molecule has 0 spiro atoms. The lowest BCUT2D eigenvalue weighted by atomic mass is 9.94. The average molecular weight is 481 g/mol. The number of hydrogen-bond acceptors (Lipinski definition) is 4. The number of amides is 2. The third-order valence-electron chi connectivity index (χ3n) is 5.83. The third kappa shape index (κ3) is 4.24. The minimum absolute atomic E-state index is 0.0295. The molecule has 164 valence electrons. The van der Waals surface area contributed by atoms with Crippen LogP contribution in [0.3, 0.4) is 0 Å². The van der Waals surface area contributed by atoms with Gasteiger partial charge < -0.3 is 0 Å². The van der Waals surface area contributed by atoms with Crippen LogP contribution < -0.4 is 4.90 Å². The Morgan fingerprint density at radius 2 is 1.61 bits per heavy atom. The molecule has 6 nitrogen and oxygen atoms in total. The van der Waals surface area contributed by atoms with E-state index in [1.807, 2.05) is 0 Å². The number of nitrogens with zero attached hydrogens (tertiary/aromatic N) is 2. The second-order valence-corrected chi connectivity index (χ2v) is 10.5. The van der Waals surface area contributed by atoms with Gasteiger partial charge in [0.25, 0.3) is 5.91 Å². The van der Waals surface area contributed by atoms with Crippen LogP contribution in [0.15, 0.2) is 53.4 Å². The maximum absolute atomic E-state index is 13.8. The molecule has 2 fully saturated rings. The van der Waals surface area contributed by atoms with Crippen molar-refractivity contribution in [3.8, 4) is 0 Å². The summed E-state index contributed by atoms with van der Waals surface area (Å²) in [5.74, 6) is -0.960. The van der Waals surface area contributed by atoms with Crippen molar-refractivity contribution in [3.63, 3.8) is 0 Å². The monoisotopic (exact) mass is 480 g/mol. The van der Waals surface area contributed by atoms with Gasteiger partial charge in [-0.25, -0.2) is 13.3 Å². The van der Waals surface area contributed by atoms with E-state index in [4.69, 9.17) is 23.2 Å². The minimum Gasteiger partial charge on any atom is -0.274 e. The van der Waals surface area contributed by atoms with Gasteiger partial charge in [0.2, 0.25) is 15.9 Å². The van der Waals surface area contributed by atoms with Crippen molar-refractivity contribution >= 4 is 50.7 Å². The van der Waals surface area contributed by atoms with Crippen molar-refractivity contribution < 1.29 is 18.0 Å². The Morgan fingerprint density at radius 3 is 2.29 bits per heavy atom. The van der Waals surface area contributed by atoms with E-state index >= 15 is 0 Å². The fraction of sp³-hybridized carbons (Fsp3) is 0.364. The molecule has 2 aliphatic rings. The summed E-state index contributed by atoms with van der Waals surface area (Å²) in [4.78, 5) is 27.1. The average Bonchev–Trinajstić information content (AvgIpc) is 3.04. The van der Waals surface area contributed by atoms with Gasteiger partial charge >= 0.3 is 0 Å². The Hall–Kier alpha value is -1.93. The summed E-state index contributed by atoms with van der Waals surface area (Å²) in [6.07, 6.45) is 3.77. The van der Waals surface area contributed by atoms with Gasteiger partial charge in [-0.15, -0.1) is 0 Å². The predicted molar refractivity (Wildman–Crippen MR) is 120 cm³/mol. The lowest BCUT2D eigenvalue weighted by Gasteiger charge is -2.36. The first-order valence-electron chi connectivity index (χ1n) is 10.2. The topological polar surface area (TPSA) is 74.8 Å². The first-order valence-corrected chi connectivity index (χ1v) is 12.4. The Bertz CT molecular complexity index is 1100. The fourth-order valence-corrected chi connectivity index (χ4v) is 6.97. The molecule has 0 N–H and O–H groups in total. The van der Waals surface area contributed by atoms with E-state index in [0.717, 1.165) is 24.2 Å². The van der Waals surface area contributed by atoms with Crippen LogP contribution in [0.1, 0.15) is 38.5 Å². The molecule has 9 heteroatoms. The van der Waals surface area contributed by atoms with Crippen molar-refractivity contribution in [2.45, 2.75) is 55.5 Å². The Kier molecular flexibility index (Phi) is 6.40. The van der Waals surface area contributed by atoms with E-state index in [1.54, 1.807) is 30.3 Å². The molecule has 31 heavy (non-hydrogen) atoms. The van der Waals surface area contributed by atoms with E-state index in [-0.39, 0.29) is 27.4 Å². The van der Waals surface area contributed by atoms with Crippen LogP contribution in [0.4, 0.5) is 5.69 Å². The molecule has 1 saturated carbocycles. The number of halogens is 2. The van der Waals surface area contributed by atoms with Crippen LogP contribution in [0.2, 0.25) is 10.0 Å². The first-order chi connectivity index (χ1) is 14.8. The van der Waals surface area contributed by atoms with Crippen molar-refractivity contribution in [3.05, 3.63) is 58.6 Å². The Morgan fingerprint density at radius 1 is 0.935 bits per heavy atom. The molecule has 1 aliphatic carbocycles. The summed E-state index contributed by atoms with van der Waals surface area (Å²) in [5, 5.41) is 0.258. The quantitative estimate of drug-likeness (QED) is 0.583. The number of para-hydroxylation sites is 1. The number of anilines is 1. The zero-order valence-corrected chi connectivity index (χ0v) is 19.0. The van der Waals surface area contributed by atoms with Gasteiger partial charge in [-0.1, -0.05) is 60.7 Å². The van der Waals surface area contributed by atoms with Gasteiger partial charge in [0.05, 0.1) is 17.1 Å². The molecule has 1 saturated heterocycles. The van der Waals surface area contributed by atoms with Crippen molar-refractivity contribution in [1.82, 2.24) is 4.31 Å². The lowest BCUT2D eigenvalue weighted by Crippen LogP contribution is -2.51. The number of imide groups is 1. The highest BCUT2D eigenvalue weighted by atomic mass is 35.5. The summed E-state index contributed by atoms with van der Waals surface area (Å²) >= 11 is 12.3. The smallest absolute Gasteiger partial charge is 0.252 e. The first kappa shape index (κ1) is 22.3. The van der Waals surface area contributed by atoms with Gasteiger partial charge in [0.15, 0.2) is 0 Å². The minimum atomic E-state index is -4.18. The van der Waals surface area contributed by atoms with Crippen LogP contribution in [0.5, 0.6) is 0 Å². The molecule has 1 aliphatic heterocycles. The molecular weight excluding hydrogens is 459 g/mol. The van der Waals surface area contributed by atoms with Crippen molar-refractivity contribution in [2.24, 2.45) is 0 Å². The highest BCUT2D eigenvalue weighted by Gasteiger charge is 2.49. The standard InChI is InChI=1S/C22H22Cl2N2O4S/c23-15-11-12-18(24)20(13-15)31(29,30)26(17-9-5-2-6-10-17)19-14-21(27)25(22(19)28)16-7-3-1-4-8-16/h1,3-4,7-8,11-13,17,19H,2,5-6,9-10,14H2. The number of sulfonamides is 1. The summed E-state index contributed by atoms with van der Waals surface area (Å²) in [6, 6.07) is 11.3. The molecule has 1 heterocycles. The molecule has 2 amide bonds. The molecule has 2 aromatic rings. The van der Waals surface area contributed by atoms with Gasteiger partial charge in [0, 0.05) is 11.1 Å². The zero-order chi connectivity index (χ0) is 22.2. The Balaban J connectivity index is 1.78. The number of carbonyl (C=O) groups excluding carboxylic acids is 2. The molecule has 4 rings (SSSR count). The maximum Gasteiger partial charge on any atom is 0.252 e. The molecule has 2 aromatic carbocycles. The Labute approximate surface area is 191 Å². The fourth-order valence-electron chi connectivity index (χ4n) is 4.41. The van der Waals surface area contributed by atoms with Crippen LogP contribution in [-0.4, -0.2) is 36.6 Å². The normalized spacial score (nSPS) is 20.6. The van der Waals surface area contributed by atoms with E-state index in [2.05, 4.69) is 0 Å².